The molecular formula is C31H38N2O6. The fraction of sp³-hybridized carbons (Fsp3) is 0.516. The first kappa shape index (κ1) is 27.3. The smallest absolute Gasteiger partial charge is 0.312 e. The third kappa shape index (κ3) is 4.16. The summed E-state index contributed by atoms with van der Waals surface area (Å²) in [6.07, 6.45) is 3.19. The van der Waals surface area contributed by atoms with Crippen molar-refractivity contribution in [3.63, 3.8) is 0 Å². The number of aliphatic hydroxyl groups excluding tert-OH is 1. The largest absolute Gasteiger partial charge is 0.466 e. The van der Waals surface area contributed by atoms with Crippen LogP contribution in [0.2, 0.25) is 0 Å². The Morgan fingerprint density at radius 2 is 1.97 bits per heavy atom. The number of carbonyl (C=O) groups is 3. The Labute approximate surface area is 229 Å². The molecule has 3 heterocycles. The fourth-order valence-electron chi connectivity index (χ4n) is 7.19. The molecule has 5 rings (SSSR count). The van der Waals surface area contributed by atoms with Gasteiger partial charge in [0, 0.05) is 25.4 Å². The van der Waals surface area contributed by atoms with Crippen molar-refractivity contribution < 1.29 is 29.0 Å². The molecule has 3 fully saturated rings. The lowest BCUT2D eigenvalue weighted by Crippen LogP contribution is -2.57. The number of aliphatic hydroxyl groups is 1. The number of carbonyl (C=O) groups excluding carboxylic acids is 3. The Bertz CT molecular complexity index is 1290. The zero-order valence-electron chi connectivity index (χ0n) is 23.0. The minimum atomic E-state index is -1.14. The van der Waals surface area contributed by atoms with Crippen molar-refractivity contribution in [2.45, 2.75) is 57.3 Å². The van der Waals surface area contributed by atoms with Gasteiger partial charge in [-0.05, 0) is 61.9 Å². The Morgan fingerprint density at radius 1 is 1.23 bits per heavy atom. The maximum atomic E-state index is 14.6. The number of ether oxygens (including phenoxy) is 2. The van der Waals surface area contributed by atoms with E-state index in [4.69, 9.17) is 9.47 Å². The van der Waals surface area contributed by atoms with Gasteiger partial charge in [0.25, 0.3) is 5.91 Å². The molecule has 2 aromatic carbocycles. The highest BCUT2D eigenvalue weighted by atomic mass is 16.6. The van der Waals surface area contributed by atoms with Crippen molar-refractivity contribution in [3.8, 4) is 0 Å². The number of fused-ring (bicyclic) bond motifs is 2. The summed E-state index contributed by atoms with van der Waals surface area (Å²) in [5.41, 5.74) is -1.35. The molecule has 8 heteroatoms. The molecule has 3 saturated heterocycles. The number of nitrogens with zero attached hydrogens (tertiary/aromatic N) is 2. The molecule has 208 valence electrons. The summed E-state index contributed by atoms with van der Waals surface area (Å²) < 4.78 is 12.2. The van der Waals surface area contributed by atoms with Gasteiger partial charge in [-0.25, -0.2) is 0 Å². The molecule has 0 saturated carbocycles. The van der Waals surface area contributed by atoms with E-state index in [1.54, 1.807) is 22.8 Å². The molecule has 2 aromatic rings. The van der Waals surface area contributed by atoms with Gasteiger partial charge in [-0.2, -0.15) is 0 Å². The Kier molecular flexibility index (Phi) is 7.29. The van der Waals surface area contributed by atoms with E-state index in [0.29, 0.717) is 24.9 Å². The molecule has 1 spiro atoms. The predicted molar refractivity (Wildman–Crippen MR) is 148 cm³/mol. The average Bonchev–Trinajstić information content (AvgIpc) is 3.43. The summed E-state index contributed by atoms with van der Waals surface area (Å²) in [4.78, 5) is 45.3. The van der Waals surface area contributed by atoms with Crippen LogP contribution in [0, 0.1) is 17.8 Å². The molecule has 3 unspecified atom stereocenters. The van der Waals surface area contributed by atoms with Crippen LogP contribution in [0.1, 0.15) is 40.0 Å². The number of benzene rings is 2. The van der Waals surface area contributed by atoms with Crippen LogP contribution in [0.3, 0.4) is 0 Å². The van der Waals surface area contributed by atoms with E-state index in [1.807, 2.05) is 56.3 Å². The van der Waals surface area contributed by atoms with Crippen LogP contribution in [0.5, 0.6) is 0 Å². The van der Waals surface area contributed by atoms with Crippen molar-refractivity contribution in [2.24, 2.45) is 17.8 Å². The molecule has 3 aliphatic rings. The predicted octanol–water partition coefficient (Wildman–Crippen LogP) is 3.71. The zero-order chi connectivity index (χ0) is 27.9. The standard InChI is InChI=1S/C31H38N2O6/c1-5-15-32(23-14-13-21-11-7-8-12-22(21)18-23)28(36)26-31-19-20(3)30(4,39-31)25(29(37)38-6-2)24(31)27(35)33(26)16-9-10-17-34/h5,7-8,11-14,18,20,24-26,34H,1,6,9-10,15-17,19H2,2-4H3/t20?,24-,25+,26?,30-,31?/m0/s1. The van der Waals surface area contributed by atoms with Crippen LogP contribution in [0.4, 0.5) is 5.69 Å². The van der Waals surface area contributed by atoms with Crippen LogP contribution in [-0.2, 0) is 23.9 Å². The number of likely N-dealkylation sites (tertiary alicyclic amines) is 1. The van der Waals surface area contributed by atoms with E-state index in [9.17, 15) is 19.5 Å². The Hall–Kier alpha value is -3.23. The minimum Gasteiger partial charge on any atom is -0.466 e. The summed E-state index contributed by atoms with van der Waals surface area (Å²) in [7, 11) is 0. The lowest BCUT2D eigenvalue weighted by Gasteiger charge is -2.37. The van der Waals surface area contributed by atoms with Gasteiger partial charge >= 0.3 is 5.97 Å². The normalized spacial score (nSPS) is 31.0. The second-order valence-electron chi connectivity index (χ2n) is 11.2. The lowest BCUT2D eigenvalue weighted by molar-refractivity contribution is -0.161. The number of amides is 2. The highest BCUT2D eigenvalue weighted by molar-refractivity contribution is 6.05. The van der Waals surface area contributed by atoms with E-state index in [1.165, 1.54) is 0 Å². The summed E-state index contributed by atoms with van der Waals surface area (Å²) in [6.45, 7) is 10.3. The van der Waals surface area contributed by atoms with Crippen molar-refractivity contribution >= 4 is 34.2 Å². The summed E-state index contributed by atoms with van der Waals surface area (Å²) in [6, 6.07) is 12.9. The van der Waals surface area contributed by atoms with E-state index in [-0.39, 0.29) is 44.0 Å². The van der Waals surface area contributed by atoms with Gasteiger partial charge in [0.05, 0.1) is 18.1 Å². The first-order valence-corrected chi connectivity index (χ1v) is 13.9. The van der Waals surface area contributed by atoms with Crippen LogP contribution in [0.25, 0.3) is 10.8 Å². The van der Waals surface area contributed by atoms with Gasteiger partial charge in [-0.1, -0.05) is 43.3 Å². The van der Waals surface area contributed by atoms with E-state index in [2.05, 4.69) is 6.58 Å². The minimum absolute atomic E-state index is 0.00799. The SMILES string of the molecule is C=CCN(C(=O)C1N(CCCCO)C(=O)[C@@H]2[C@H](C(=O)OCC)[C@@]3(C)OC12CC3C)c1ccc2ccccc2c1. The molecule has 39 heavy (non-hydrogen) atoms. The van der Waals surface area contributed by atoms with Gasteiger partial charge in [0.1, 0.15) is 17.6 Å². The fourth-order valence-corrected chi connectivity index (χ4v) is 7.19. The number of unbranched alkanes of at least 4 members (excludes halogenated alkanes) is 1. The molecular weight excluding hydrogens is 496 g/mol. The van der Waals surface area contributed by atoms with Gasteiger partial charge in [-0.3, -0.25) is 14.4 Å². The molecule has 0 aromatic heterocycles. The Balaban J connectivity index is 1.60. The van der Waals surface area contributed by atoms with Crippen LogP contribution >= 0.6 is 0 Å². The molecule has 2 bridgehead atoms. The third-order valence-corrected chi connectivity index (χ3v) is 9.02. The van der Waals surface area contributed by atoms with Crippen molar-refractivity contribution in [1.29, 1.82) is 0 Å². The number of hydrogen-bond acceptors (Lipinski definition) is 6. The van der Waals surface area contributed by atoms with Crippen LogP contribution in [0.15, 0.2) is 55.1 Å². The van der Waals surface area contributed by atoms with Gasteiger partial charge in [0.2, 0.25) is 5.91 Å². The van der Waals surface area contributed by atoms with Crippen LogP contribution < -0.4 is 4.90 Å². The highest BCUT2D eigenvalue weighted by Crippen LogP contribution is 2.65. The third-order valence-electron chi connectivity index (χ3n) is 9.02. The topological polar surface area (TPSA) is 96.4 Å². The molecule has 3 aliphatic heterocycles. The molecule has 0 aliphatic carbocycles. The van der Waals surface area contributed by atoms with Gasteiger partial charge < -0.3 is 24.4 Å². The quantitative estimate of drug-likeness (QED) is 0.284. The van der Waals surface area contributed by atoms with Crippen molar-refractivity contribution in [1.82, 2.24) is 4.90 Å². The molecule has 0 radical (unpaired) electrons. The van der Waals surface area contributed by atoms with E-state index in [0.717, 1.165) is 10.8 Å². The van der Waals surface area contributed by atoms with Crippen molar-refractivity contribution in [3.05, 3.63) is 55.1 Å². The molecule has 8 nitrogen and oxygen atoms in total. The Morgan fingerprint density at radius 3 is 2.67 bits per heavy atom. The van der Waals surface area contributed by atoms with Crippen molar-refractivity contribution in [2.75, 3.05) is 31.2 Å². The average molecular weight is 535 g/mol. The first-order chi connectivity index (χ1) is 18.7. The summed E-state index contributed by atoms with van der Waals surface area (Å²) >= 11 is 0. The monoisotopic (exact) mass is 534 g/mol. The molecule has 2 amide bonds. The van der Waals surface area contributed by atoms with Gasteiger partial charge in [0.15, 0.2) is 0 Å². The van der Waals surface area contributed by atoms with Crippen LogP contribution in [-0.4, -0.2) is 71.3 Å². The second-order valence-corrected chi connectivity index (χ2v) is 11.2. The highest BCUT2D eigenvalue weighted by Gasteiger charge is 2.80. The first-order valence-electron chi connectivity index (χ1n) is 13.9. The maximum Gasteiger partial charge on any atom is 0.312 e. The zero-order valence-corrected chi connectivity index (χ0v) is 23.0. The van der Waals surface area contributed by atoms with Gasteiger partial charge in [-0.15, -0.1) is 6.58 Å². The molecule has 1 N–H and O–H groups in total. The number of hydrogen-bond donors (Lipinski definition) is 1. The number of rotatable bonds is 10. The second kappa shape index (κ2) is 10.4. The summed E-state index contributed by atoms with van der Waals surface area (Å²) in [5, 5.41) is 11.5. The number of esters is 1. The lowest BCUT2D eigenvalue weighted by atomic mass is 9.62. The maximum absolute atomic E-state index is 14.6. The van der Waals surface area contributed by atoms with E-state index < -0.39 is 35.0 Å². The van der Waals surface area contributed by atoms with E-state index >= 15 is 0 Å². The number of anilines is 1. The summed E-state index contributed by atoms with van der Waals surface area (Å²) in [5.74, 6) is -2.61. The molecule has 6 atom stereocenters.